The second-order valence-corrected chi connectivity index (χ2v) is 6.07. The predicted octanol–water partition coefficient (Wildman–Crippen LogP) is 1.12. The van der Waals surface area contributed by atoms with Crippen molar-refractivity contribution in [2.24, 2.45) is 0 Å². The summed E-state index contributed by atoms with van der Waals surface area (Å²) in [6, 6.07) is 3.92. The minimum Gasteiger partial charge on any atom is -0.496 e. The number of sulfonamides is 1. The highest BCUT2D eigenvalue weighted by atomic mass is 79.9. The fourth-order valence-electron chi connectivity index (χ4n) is 1.18. The number of ether oxygens (including phenoxy) is 1. The van der Waals surface area contributed by atoms with Crippen molar-refractivity contribution in [3.05, 3.63) is 22.7 Å². The monoisotopic (exact) mass is 323 g/mol. The lowest BCUT2D eigenvalue weighted by molar-refractivity contribution is 0.265. The number of aliphatic hydroxyl groups is 1. The van der Waals surface area contributed by atoms with Gasteiger partial charge in [0.1, 0.15) is 5.75 Å². The van der Waals surface area contributed by atoms with E-state index < -0.39 is 16.1 Å². The van der Waals surface area contributed by atoms with Crippen LogP contribution in [0.2, 0.25) is 0 Å². The van der Waals surface area contributed by atoms with Crippen molar-refractivity contribution in [2.75, 3.05) is 13.7 Å². The third kappa shape index (κ3) is 3.67. The molecule has 0 radical (unpaired) electrons. The van der Waals surface area contributed by atoms with Gasteiger partial charge in [0.25, 0.3) is 0 Å². The van der Waals surface area contributed by atoms with Crippen molar-refractivity contribution in [1.29, 1.82) is 0 Å². The number of hydrogen-bond donors (Lipinski definition) is 2. The van der Waals surface area contributed by atoms with Crippen LogP contribution in [-0.4, -0.2) is 33.3 Å². The maximum atomic E-state index is 11.9. The summed E-state index contributed by atoms with van der Waals surface area (Å²) in [5.41, 5.74) is 0. The number of rotatable bonds is 5. The van der Waals surface area contributed by atoms with Gasteiger partial charge in [0.15, 0.2) is 0 Å². The van der Waals surface area contributed by atoms with Crippen LogP contribution in [0.15, 0.2) is 27.6 Å². The molecule has 0 saturated heterocycles. The lowest BCUT2D eigenvalue weighted by Gasteiger charge is -2.12. The average molecular weight is 324 g/mol. The Morgan fingerprint density at radius 3 is 2.65 bits per heavy atom. The summed E-state index contributed by atoms with van der Waals surface area (Å²) in [6.07, 6.45) is 0. The number of hydrogen-bond acceptors (Lipinski definition) is 4. The summed E-state index contributed by atoms with van der Waals surface area (Å²) < 4.78 is 31.7. The highest BCUT2D eigenvalue weighted by molar-refractivity contribution is 9.10. The summed E-state index contributed by atoms with van der Waals surface area (Å²) in [6.45, 7) is 1.33. The molecular formula is C10H14BrNO4S. The van der Waals surface area contributed by atoms with Gasteiger partial charge in [-0.2, -0.15) is 0 Å². The Labute approximate surface area is 109 Å². The molecule has 0 aliphatic carbocycles. The van der Waals surface area contributed by atoms with Gasteiger partial charge in [-0.05, 0) is 41.1 Å². The first-order chi connectivity index (χ1) is 7.90. The molecule has 1 atom stereocenters. The van der Waals surface area contributed by atoms with E-state index in [0.29, 0.717) is 10.2 Å². The number of halogens is 1. The Balaban J connectivity index is 3.04. The molecule has 0 aromatic heterocycles. The van der Waals surface area contributed by atoms with Crippen LogP contribution in [-0.2, 0) is 10.0 Å². The third-order valence-electron chi connectivity index (χ3n) is 2.06. The molecule has 1 aromatic carbocycles. The predicted molar refractivity (Wildman–Crippen MR) is 67.6 cm³/mol. The fourth-order valence-corrected chi connectivity index (χ4v) is 3.14. The zero-order chi connectivity index (χ0) is 13.1. The van der Waals surface area contributed by atoms with E-state index in [1.807, 2.05) is 0 Å². The van der Waals surface area contributed by atoms with Crippen molar-refractivity contribution < 1.29 is 18.3 Å². The van der Waals surface area contributed by atoms with E-state index in [1.165, 1.54) is 19.2 Å². The van der Waals surface area contributed by atoms with Crippen LogP contribution in [0.4, 0.5) is 0 Å². The molecule has 0 fully saturated rings. The summed E-state index contributed by atoms with van der Waals surface area (Å²) in [7, 11) is -2.11. The first kappa shape index (κ1) is 14.4. The first-order valence-electron chi connectivity index (χ1n) is 4.87. The molecule has 96 valence electrons. The molecule has 0 aliphatic rings. The zero-order valence-corrected chi connectivity index (χ0v) is 11.9. The molecule has 0 saturated carbocycles. The normalized spacial score (nSPS) is 13.4. The van der Waals surface area contributed by atoms with Gasteiger partial charge in [-0.25, -0.2) is 13.1 Å². The molecule has 7 heteroatoms. The molecule has 0 amide bonds. The van der Waals surface area contributed by atoms with Gasteiger partial charge in [0.05, 0.1) is 23.1 Å². The van der Waals surface area contributed by atoms with Crippen LogP contribution in [0.3, 0.4) is 0 Å². The van der Waals surface area contributed by atoms with Crippen LogP contribution in [0.5, 0.6) is 5.75 Å². The fraction of sp³-hybridized carbons (Fsp3) is 0.400. The number of methoxy groups -OCH3 is 1. The molecule has 5 nitrogen and oxygen atoms in total. The van der Waals surface area contributed by atoms with Crippen LogP contribution >= 0.6 is 15.9 Å². The van der Waals surface area contributed by atoms with E-state index >= 15 is 0 Å². The van der Waals surface area contributed by atoms with Crippen molar-refractivity contribution in [1.82, 2.24) is 4.72 Å². The topological polar surface area (TPSA) is 75.6 Å². The molecule has 17 heavy (non-hydrogen) atoms. The van der Waals surface area contributed by atoms with Crippen LogP contribution < -0.4 is 9.46 Å². The summed E-state index contributed by atoms with van der Waals surface area (Å²) in [5.74, 6) is 0.555. The second-order valence-electron chi connectivity index (χ2n) is 3.50. The lowest BCUT2D eigenvalue weighted by atomic mass is 10.3. The van der Waals surface area contributed by atoms with Crippen LogP contribution in [0, 0.1) is 0 Å². The Morgan fingerprint density at radius 2 is 2.18 bits per heavy atom. The van der Waals surface area contributed by atoms with Crippen LogP contribution in [0.1, 0.15) is 6.92 Å². The molecular weight excluding hydrogens is 310 g/mol. The molecule has 1 rings (SSSR count). The molecule has 0 aliphatic heterocycles. The van der Waals surface area contributed by atoms with Crippen LogP contribution in [0.25, 0.3) is 0 Å². The van der Waals surface area contributed by atoms with Crippen molar-refractivity contribution in [2.45, 2.75) is 17.9 Å². The number of nitrogens with one attached hydrogen (secondary N) is 1. The molecule has 1 unspecified atom stereocenters. The average Bonchev–Trinajstić information content (AvgIpc) is 2.28. The maximum absolute atomic E-state index is 11.9. The van der Waals surface area contributed by atoms with Gasteiger partial charge in [0, 0.05) is 6.04 Å². The quantitative estimate of drug-likeness (QED) is 0.851. The third-order valence-corrected chi connectivity index (χ3v) is 4.27. The standard InChI is InChI=1S/C10H14BrNO4S/c1-7(6-13)12-17(14,15)8-3-4-10(16-2)9(11)5-8/h3-5,7,12-13H,6H2,1-2H3. The highest BCUT2D eigenvalue weighted by Crippen LogP contribution is 2.27. The Kier molecular flexibility index (Phi) is 4.93. The van der Waals surface area contributed by atoms with E-state index in [4.69, 9.17) is 9.84 Å². The number of aliphatic hydroxyl groups excluding tert-OH is 1. The Morgan fingerprint density at radius 1 is 1.53 bits per heavy atom. The van der Waals surface area contributed by atoms with Gasteiger partial charge in [-0.1, -0.05) is 0 Å². The summed E-state index contributed by atoms with van der Waals surface area (Å²) >= 11 is 3.22. The molecule has 0 heterocycles. The van der Waals surface area contributed by atoms with E-state index in [2.05, 4.69) is 20.7 Å². The van der Waals surface area contributed by atoms with E-state index in [1.54, 1.807) is 13.0 Å². The van der Waals surface area contributed by atoms with E-state index in [0.717, 1.165) is 0 Å². The van der Waals surface area contributed by atoms with Crippen molar-refractivity contribution in [3.8, 4) is 5.75 Å². The maximum Gasteiger partial charge on any atom is 0.240 e. The highest BCUT2D eigenvalue weighted by Gasteiger charge is 2.18. The van der Waals surface area contributed by atoms with Gasteiger partial charge in [0.2, 0.25) is 10.0 Å². The smallest absolute Gasteiger partial charge is 0.240 e. The minimum atomic E-state index is -3.61. The summed E-state index contributed by atoms with van der Waals surface area (Å²) in [4.78, 5) is 0.116. The zero-order valence-electron chi connectivity index (χ0n) is 9.47. The first-order valence-corrected chi connectivity index (χ1v) is 7.15. The van der Waals surface area contributed by atoms with Gasteiger partial charge < -0.3 is 9.84 Å². The lowest BCUT2D eigenvalue weighted by Crippen LogP contribution is -2.34. The molecule has 1 aromatic rings. The molecule has 2 N–H and O–H groups in total. The van der Waals surface area contributed by atoms with Crippen molar-refractivity contribution in [3.63, 3.8) is 0 Å². The molecule has 0 bridgehead atoms. The number of benzene rings is 1. The summed E-state index contributed by atoms with van der Waals surface area (Å²) in [5, 5.41) is 8.83. The molecule has 0 spiro atoms. The SMILES string of the molecule is COc1ccc(S(=O)(=O)NC(C)CO)cc1Br. The van der Waals surface area contributed by atoms with Crippen molar-refractivity contribution >= 4 is 26.0 Å². The largest absolute Gasteiger partial charge is 0.496 e. The Bertz CT molecular complexity index is 489. The Hall–Kier alpha value is -0.630. The second kappa shape index (κ2) is 5.81. The minimum absolute atomic E-state index is 0.116. The van der Waals surface area contributed by atoms with E-state index in [9.17, 15) is 8.42 Å². The van der Waals surface area contributed by atoms with Gasteiger partial charge in [-0.15, -0.1) is 0 Å². The van der Waals surface area contributed by atoms with Gasteiger partial charge >= 0.3 is 0 Å². The van der Waals surface area contributed by atoms with E-state index in [-0.39, 0.29) is 11.5 Å². The van der Waals surface area contributed by atoms with Gasteiger partial charge in [-0.3, -0.25) is 0 Å².